The van der Waals surface area contributed by atoms with Gasteiger partial charge in [0.25, 0.3) is 10.0 Å². The van der Waals surface area contributed by atoms with Crippen LogP contribution in [0, 0.1) is 0 Å². The number of aryl methyl sites for hydroxylation is 1. The largest absolute Gasteiger partial charge is 0.392 e. The van der Waals surface area contributed by atoms with E-state index in [0.717, 1.165) is 0 Å². The fourth-order valence-corrected chi connectivity index (χ4v) is 3.50. The van der Waals surface area contributed by atoms with E-state index in [-0.39, 0.29) is 16.9 Å². The highest BCUT2D eigenvalue weighted by molar-refractivity contribution is 7.89. The van der Waals surface area contributed by atoms with Gasteiger partial charge in [-0.1, -0.05) is 0 Å². The van der Waals surface area contributed by atoms with E-state index in [9.17, 15) is 13.5 Å². The van der Waals surface area contributed by atoms with Gasteiger partial charge in [-0.25, -0.2) is 13.4 Å². The third-order valence-electron chi connectivity index (χ3n) is 2.76. The van der Waals surface area contributed by atoms with E-state index in [1.54, 1.807) is 7.05 Å². The van der Waals surface area contributed by atoms with Gasteiger partial charge in [-0.2, -0.15) is 4.31 Å². The van der Waals surface area contributed by atoms with Gasteiger partial charge in [0.1, 0.15) is 0 Å². The van der Waals surface area contributed by atoms with Crippen molar-refractivity contribution in [3.63, 3.8) is 0 Å². The minimum Gasteiger partial charge on any atom is -0.392 e. The molecule has 6 nitrogen and oxygen atoms in total. The van der Waals surface area contributed by atoms with Crippen molar-refractivity contribution in [3.05, 3.63) is 11.5 Å². The molecule has 0 bridgehead atoms. The summed E-state index contributed by atoms with van der Waals surface area (Å²) in [6.45, 7) is 0.532. The molecule has 1 aliphatic heterocycles. The summed E-state index contributed by atoms with van der Waals surface area (Å²) in [7, 11) is -2.02. The Kier molecular flexibility index (Phi) is 3.44. The number of hydrogen-bond acceptors (Lipinski definition) is 4. The highest BCUT2D eigenvalue weighted by Gasteiger charge is 2.31. The maximum absolute atomic E-state index is 12.2. The first-order chi connectivity index (χ1) is 7.91. The molecule has 0 spiro atoms. The smallest absolute Gasteiger partial charge is 0.262 e. The lowest BCUT2D eigenvalue weighted by Gasteiger charge is -2.28. The minimum atomic E-state index is -3.64. The van der Waals surface area contributed by atoms with E-state index >= 15 is 0 Å². The second kappa shape index (κ2) is 4.56. The van der Waals surface area contributed by atoms with Crippen LogP contribution in [-0.4, -0.2) is 46.6 Å². The summed E-state index contributed by atoms with van der Waals surface area (Å²) in [6.07, 6.45) is 2.06. The van der Waals surface area contributed by atoms with Gasteiger partial charge >= 0.3 is 0 Å². The number of imidazole rings is 1. The fraction of sp³-hybridized carbons (Fsp3) is 0.667. The molecule has 0 aliphatic carbocycles. The third kappa shape index (κ3) is 2.47. The maximum atomic E-state index is 12.2. The number of aromatic nitrogens is 2. The van der Waals surface area contributed by atoms with Gasteiger partial charge < -0.3 is 9.67 Å². The zero-order valence-corrected chi connectivity index (χ0v) is 10.9. The van der Waals surface area contributed by atoms with Crippen molar-refractivity contribution in [2.45, 2.75) is 24.0 Å². The maximum Gasteiger partial charge on any atom is 0.262 e. The second-order valence-corrected chi connectivity index (χ2v) is 6.34. The number of hydrogen-bond donors (Lipinski definition) is 1. The lowest BCUT2D eigenvalue weighted by Crippen LogP contribution is -2.42. The normalized spacial score (nSPS) is 22.9. The van der Waals surface area contributed by atoms with Gasteiger partial charge in [0.15, 0.2) is 5.03 Å². The molecular weight excluding hydrogens is 266 g/mol. The van der Waals surface area contributed by atoms with Crippen LogP contribution in [0.1, 0.15) is 12.8 Å². The predicted molar refractivity (Wildman–Crippen MR) is 62.2 cm³/mol. The Hall–Kier alpha value is -0.630. The molecule has 1 aromatic heterocycles. The van der Waals surface area contributed by atoms with Crippen molar-refractivity contribution < 1.29 is 13.5 Å². The van der Waals surface area contributed by atoms with Crippen LogP contribution in [0.25, 0.3) is 0 Å². The highest BCUT2D eigenvalue weighted by atomic mass is 35.5. The minimum absolute atomic E-state index is 0.0703. The number of β-amino-alcohol motifs (C(OH)–C–C–N with tert-alkyl or cyclic N) is 1. The molecule has 0 radical (unpaired) electrons. The third-order valence-corrected chi connectivity index (χ3v) is 4.85. The standard InChI is InChI=1S/C9H14ClN3O3S/c1-12-6-8(11-9(12)10)17(15,16)13-4-2-3-7(14)5-13/h6-7,14H,2-5H2,1H3. The van der Waals surface area contributed by atoms with Crippen LogP contribution in [0.3, 0.4) is 0 Å². The van der Waals surface area contributed by atoms with E-state index in [2.05, 4.69) is 4.98 Å². The Bertz CT molecular complexity index is 494. The average Bonchev–Trinajstić information content (AvgIpc) is 2.60. The Morgan fingerprint density at radius 1 is 1.59 bits per heavy atom. The highest BCUT2D eigenvalue weighted by Crippen LogP contribution is 2.21. The van der Waals surface area contributed by atoms with Crippen molar-refractivity contribution in [1.82, 2.24) is 13.9 Å². The SMILES string of the molecule is Cn1cc(S(=O)(=O)N2CCCC(O)C2)nc1Cl. The van der Waals surface area contributed by atoms with E-state index in [0.29, 0.717) is 19.4 Å². The number of rotatable bonds is 2. The first-order valence-electron chi connectivity index (χ1n) is 5.28. The molecule has 17 heavy (non-hydrogen) atoms. The number of sulfonamides is 1. The quantitative estimate of drug-likeness (QED) is 0.840. The molecule has 1 aromatic rings. The van der Waals surface area contributed by atoms with E-state index in [1.165, 1.54) is 15.1 Å². The van der Waals surface area contributed by atoms with Crippen molar-refractivity contribution in [1.29, 1.82) is 0 Å². The van der Waals surface area contributed by atoms with Crippen LogP contribution in [-0.2, 0) is 17.1 Å². The molecule has 96 valence electrons. The average molecular weight is 280 g/mol. The van der Waals surface area contributed by atoms with Crippen LogP contribution in [0.15, 0.2) is 11.2 Å². The topological polar surface area (TPSA) is 75.4 Å². The lowest BCUT2D eigenvalue weighted by molar-refractivity contribution is 0.108. The van der Waals surface area contributed by atoms with Crippen LogP contribution in [0.2, 0.25) is 5.28 Å². The molecule has 1 fully saturated rings. The summed E-state index contributed by atoms with van der Waals surface area (Å²) in [5, 5.41) is 9.55. The fourth-order valence-electron chi connectivity index (χ4n) is 1.81. The second-order valence-electron chi connectivity index (χ2n) is 4.12. The monoisotopic (exact) mass is 279 g/mol. The van der Waals surface area contributed by atoms with Crippen LogP contribution < -0.4 is 0 Å². The van der Waals surface area contributed by atoms with Gasteiger partial charge in [-0.15, -0.1) is 0 Å². The molecule has 0 saturated carbocycles. The predicted octanol–water partition coefficient (Wildman–Crippen LogP) is 0.219. The van der Waals surface area contributed by atoms with E-state index in [4.69, 9.17) is 11.6 Å². The molecule has 2 heterocycles. The molecule has 2 rings (SSSR count). The van der Waals surface area contributed by atoms with Gasteiger partial charge in [0.2, 0.25) is 5.28 Å². The van der Waals surface area contributed by atoms with Crippen LogP contribution >= 0.6 is 11.6 Å². The van der Waals surface area contributed by atoms with Gasteiger partial charge in [0, 0.05) is 26.3 Å². The Balaban J connectivity index is 2.29. The molecule has 1 aliphatic rings. The van der Waals surface area contributed by atoms with E-state index in [1.807, 2.05) is 0 Å². The number of piperidine rings is 1. The number of aliphatic hydroxyl groups excluding tert-OH is 1. The summed E-state index contributed by atoms with van der Waals surface area (Å²) in [4.78, 5) is 3.80. The lowest BCUT2D eigenvalue weighted by atomic mass is 10.1. The number of nitrogens with zero attached hydrogens (tertiary/aromatic N) is 3. The summed E-state index contributed by atoms with van der Waals surface area (Å²) in [5.41, 5.74) is 0. The first-order valence-corrected chi connectivity index (χ1v) is 7.10. The Morgan fingerprint density at radius 3 is 2.82 bits per heavy atom. The van der Waals surface area contributed by atoms with Gasteiger partial charge in [0.05, 0.1) is 6.10 Å². The molecule has 0 amide bonds. The molecule has 8 heteroatoms. The van der Waals surface area contributed by atoms with Crippen LogP contribution in [0.5, 0.6) is 0 Å². The van der Waals surface area contributed by atoms with Gasteiger partial charge in [-0.3, -0.25) is 0 Å². The van der Waals surface area contributed by atoms with Crippen LogP contribution in [0.4, 0.5) is 0 Å². The Morgan fingerprint density at radius 2 is 2.29 bits per heavy atom. The molecule has 1 saturated heterocycles. The number of aliphatic hydroxyl groups is 1. The summed E-state index contributed by atoms with van der Waals surface area (Å²) in [6, 6.07) is 0. The summed E-state index contributed by atoms with van der Waals surface area (Å²) < 4.78 is 27.0. The number of halogens is 1. The summed E-state index contributed by atoms with van der Waals surface area (Å²) >= 11 is 5.72. The molecule has 1 unspecified atom stereocenters. The van der Waals surface area contributed by atoms with Gasteiger partial charge in [-0.05, 0) is 24.4 Å². The molecule has 1 N–H and O–H groups in total. The first kappa shape index (κ1) is 12.8. The van der Waals surface area contributed by atoms with Crippen molar-refractivity contribution in [2.24, 2.45) is 7.05 Å². The van der Waals surface area contributed by atoms with Crippen molar-refractivity contribution >= 4 is 21.6 Å². The van der Waals surface area contributed by atoms with Crippen molar-refractivity contribution in [3.8, 4) is 0 Å². The molecule has 0 aromatic carbocycles. The zero-order valence-electron chi connectivity index (χ0n) is 9.37. The molecular formula is C9H14ClN3O3S. The van der Waals surface area contributed by atoms with E-state index < -0.39 is 16.1 Å². The zero-order chi connectivity index (χ0) is 12.6. The van der Waals surface area contributed by atoms with Crippen molar-refractivity contribution in [2.75, 3.05) is 13.1 Å². The Labute approximate surface area is 105 Å². The summed E-state index contributed by atoms with van der Waals surface area (Å²) in [5.74, 6) is 0. The molecule has 1 atom stereocenters.